The molecular weight excluding hydrogens is 504 g/mol. The first-order valence-corrected chi connectivity index (χ1v) is 14.5. The van der Waals surface area contributed by atoms with E-state index in [9.17, 15) is 9.59 Å². The molecule has 8 heteroatoms. The first-order valence-electron chi connectivity index (χ1n) is 14.5. The quantitative estimate of drug-likeness (QED) is 0.539. The van der Waals surface area contributed by atoms with Crippen LogP contribution in [0.2, 0.25) is 0 Å². The van der Waals surface area contributed by atoms with Gasteiger partial charge in [-0.15, -0.1) is 0 Å². The summed E-state index contributed by atoms with van der Waals surface area (Å²) in [6.07, 6.45) is 0.846. The standard InChI is InChI=1S/C32H46N4O4/c1-30(2,3)26-19-25(20-27(34-26)31(4,5)6)28(37)35-32(11-15-39-16-12-32)29(38)33-21-23-7-9-24(10-8-23)22-36-13-17-40-18-14-36/h7-10,19-20H,11-18,21-22H2,1-6H3,(H,33,38)(H,35,37). The van der Waals surface area contributed by atoms with Crippen molar-refractivity contribution in [3.05, 3.63) is 64.5 Å². The highest BCUT2D eigenvalue weighted by atomic mass is 16.5. The largest absolute Gasteiger partial charge is 0.381 e. The molecule has 0 saturated carbocycles. The Kier molecular flexibility index (Phi) is 9.33. The molecule has 0 atom stereocenters. The highest BCUT2D eigenvalue weighted by Crippen LogP contribution is 2.28. The van der Waals surface area contributed by atoms with Crippen molar-refractivity contribution in [3.8, 4) is 0 Å². The maximum Gasteiger partial charge on any atom is 0.252 e. The molecule has 2 amide bonds. The van der Waals surface area contributed by atoms with Crippen LogP contribution in [0.15, 0.2) is 36.4 Å². The molecule has 40 heavy (non-hydrogen) atoms. The zero-order chi connectivity index (χ0) is 29.0. The third-order valence-corrected chi connectivity index (χ3v) is 7.74. The molecule has 0 radical (unpaired) electrons. The minimum Gasteiger partial charge on any atom is -0.381 e. The summed E-state index contributed by atoms with van der Waals surface area (Å²) in [7, 11) is 0. The number of carbonyl (C=O) groups is 2. The number of nitrogens with zero attached hydrogens (tertiary/aromatic N) is 2. The topological polar surface area (TPSA) is 92.8 Å². The number of amides is 2. The van der Waals surface area contributed by atoms with Gasteiger partial charge in [-0.25, -0.2) is 0 Å². The van der Waals surface area contributed by atoms with Crippen LogP contribution in [0.3, 0.4) is 0 Å². The summed E-state index contributed by atoms with van der Waals surface area (Å²) in [6.45, 7) is 18.1. The Bertz CT molecular complexity index is 1140. The number of rotatable bonds is 7. The van der Waals surface area contributed by atoms with Crippen LogP contribution in [-0.4, -0.2) is 66.8 Å². The average Bonchev–Trinajstić information content (AvgIpc) is 2.92. The lowest BCUT2D eigenvalue weighted by Crippen LogP contribution is -2.61. The second-order valence-corrected chi connectivity index (χ2v) is 13.2. The van der Waals surface area contributed by atoms with Crippen molar-refractivity contribution in [2.75, 3.05) is 39.5 Å². The van der Waals surface area contributed by atoms with Gasteiger partial charge < -0.3 is 20.1 Å². The molecule has 0 bridgehead atoms. The predicted octanol–water partition coefficient (Wildman–Crippen LogP) is 4.10. The molecule has 8 nitrogen and oxygen atoms in total. The van der Waals surface area contributed by atoms with Gasteiger partial charge in [0.2, 0.25) is 5.91 Å². The zero-order valence-electron chi connectivity index (χ0n) is 25.1. The van der Waals surface area contributed by atoms with E-state index in [4.69, 9.17) is 14.5 Å². The number of pyridine rings is 1. The van der Waals surface area contributed by atoms with Crippen LogP contribution in [0.5, 0.6) is 0 Å². The Balaban J connectivity index is 1.46. The summed E-state index contributed by atoms with van der Waals surface area (Å²) in [5, 5.41) is 6.21. The fourth-order valence-corrected chi connectivity index (χ4v) is 4.98. The van der Waals surface area contributed by atoms with Gasteiger partial charge in [0.1, 0.15) is 5.54 Å². The summed E-state index contributed by atoms with van der Waals surface area (Å²) < 4.78 is 11.0. The van der Waals surface area contributed by atoms with Crippen LogP contribution < -0.4 is 10.6 Å². The minimum absolute atomic E-state index is 0.178. The molecule has 0 aliphatic carbocycles. The van der Waals surface area contributed by atoms with Gasteiger partial charge >= 0.3 is 0 Å². The molecule has 2 aliphatic heterocycles. The summed E-state index contributed by atoms with van der Waals surface area (Å²) in [6, 6.07) is 12.1. The molecule has 1 aromatic carbocycles. The van der Waals surface area contributed by atoms with Gasteiger partial charge in [-0.05, 0) is 23.3 Å². The van der Waals surface area contributed by atoms with E-state index < -0.39 is 5.54 Å². The summed E-state index contributed by atoms with van der Waals surface area (Å²) in [5.74, 6) is -0.439. The molecule has 2 aromatic rings. The van der Waals surface area contributed by atoms with Crippen LogP contribution in [0.25, 0.3) is 0 Å². The number of morpholine rings is 1. The van der Waals surface area contributed by atoms with E-state index >= 15 is 0 Å². The van der Waals surface area contributed by atoms with E-state index in [2.05, 4.69) is 81.3 Å². The van der Waals surface area contributed by atoms with Crippen molar-refractivity contribution in [1.29, 1.82) is 0 Å². The molecule has 0 unspecified atom stereocenters. The van der Waals surface area contributed by atoms with Crippen LogP contribution >= 0.6 is 0 Å². The van der Waals surface area contributed by atoms with E-state index in [1.54, 1.807) is 0 Å². The van der Waals surface area contributed by atoms with Crippen LogP contribution in [0.1, 0.15) is 87.3 Å². The number of hydrogen-bond donors (Lipinski definition) is 2. The maximum absolute atomic E-state index is 13.7. The lowest BCUT2D eigenvalue weighted by atomic mass is 9.85. The molecule has 2 N–H and O–H groups in total. The number of nitrogens with one attached hydrogen (secondary N) is 2. The second-order valence-electron chi connectivity index (χ2n) is 13.2. The Labute approximate surface area is 239 Å². The maximum atomic E-state index is 13.7. The fourth-order valence-electron chi connectivity index (χ4n) is 4.98. The first kappa shape index (κ1) is 30.2. The van der Waals surface area contributed by atoms with Gasteiger partial charge in [-0.3, -0.25) is 19.5 Å². The van der Waals surface area contributed by atoms with Crippen molar-refractivity contribution in [2.45, 2.75) is 83.8 Å². The van der Waals surface area contributed by atoms with Crippen LogP contribution in [0, 0.1) is 0 Å². The molecule has 4 rings (SSSR count). The van der Waals surface area contributed by atoms with Gasteiger partial charge in [-0.2, -0.15) is 0 Å². The number of ether oxygens (including phenoxy) is 2. The van der Waals surface area contributed by atoms with Crippen LogP contribution in [0.4, 0.5) is 0 Å². The SMILES string of the molecule is CC(C)(C)c1cc(C(=O)NC2(C(=O)NCc3ccc(CN4CCOCC4)cc3)CCOCC2)cc(C(C)(C)C)n1. The lowest BCUT2D eigenvalue weighted by molar-refractivity contribution is -0.131. The van der Waals surface area contributed by atoms with Crippen molar-refractivity contribution >= 4 is 11.8 Å². The highest BCUT2D eigenvalue weighted by molar-refractivity contribution is 5.99. The monoisotopic (exact) mass is 550 g/mol. The zero-order valence-corrected chi connectivity index (χ0v) is 25.1. The summed E-state index contributed by atoms with van der Waals surface area (Å²) >= 11 is 0. The van der Waals surface area contributed by atoms with E-state index in [1.807, 2.05) is 12.1 Å². The third kappa shape index (κ3) is 7.68. The Morgan fingerprint density at radius 3 is 1.93 bits per heavy atom. The normalized spacial score (nSPS) is 18.2. The fraction of sp³-hybridized carbons (Fsp3) is 0.594. The molecule has 218 valence electrons. The molecule has 2 saturated heterocycles. The number of hydrogen-bond acceptors (Lipinski definition) is 6. The Morgan fingerprint density at radius 1 is 0.850 bits per heavy atom. The summed E-state index contributed by atoms with van der Waals surface area (Å²) in [5.41, 5.74) is 3.03. The third-order valence-electron chi connectivity index (χ3n) is 7.74. The molecule has 0 spiro atoms. The van der Waals surface area contributed by atoms with Gasteiger partial charge in [0.15, 0.2) is 0 Å². The second kappa shape index (κ2) is 12.4. The lowest BCUT2D eigenvalue weighted by Gasteiger charge is -2.36. The van der Waals surface area contributed by atoms with Crippen molar-refractivity contribution in [1.82, 2.24) is 20.5 Å². The van der Waals surface area contributed by atoms with E-state index in [0.29, 0.717) is 38.2 Å². The van der Waals surface area contributed by atoms with Gasteiger partial charge in [-0.1, -0.05) is 65.8 Å². The number of aromatic nitrogens is 1. The van der Waals surface area contributed by atoms with Gasteiger partial charge in [0, 0.05) is 80.0 Å². The average molecular weight is 551 g/mol. The van der Waals surface area contributed by atoms with E-state index in [1.165, 1.54) is 5.56 Å². The predicted molar refractivity (Wildman–Crippen MR) is 156 cm³/mol. The van der Waals surface area contributed by atoms with Crippen molar-refractivity contribution < 1.29 is 19.1 Å². The Morgan fingerprint density at radius 2 is 1.38 bits per heavy atom. The molecule has 2 fully saturated rings. The number of benzene rings is 1. The van der Waals surface area contributed by atoms with Crippen molar-refractivity contribution in [2.24, 2.45) is 0 Å². The first-order chi connectivity index (χ1) is 18.9. The molecule has 1 aromatic heterocycles. The molecular formula is C32H46N4O4. The van der Waals surface area contributed by atoms with Gasteiger partial charge in [0.25, 0.3) is 5.91 Å². The minimum atomic E-state index is -1.03. The van der Waals surface area contributed by atoms with E-state index in [0.717, 1.165) is 49.8 Å². The van der Waals surface area contributed by atoms with Gasteiger partial charge in [0.05, 0.1) is 13.2 Å². The smallest absolute Gasteiger partial charge is 0.252 e. The summed E-state index contributed by atoms with van der Waals surface area (Å²) in [4.78, 5) is 34.6. The molecule has 2 aliphatic rings. The highest BCUT2D eigenvalue weighted by Gasteiger charge is 2.41. The van der Waals surface area contributed by atoms with Crippen molar-refractivity contribution in [3.63, 3.8) is 0 Å². The molecule has 3 heterocycles. The number of carbonyl (C=O) groups excluding carboxylic acids is 2. The van der Waals surface area contributed by atoms with E-state index in [-0.39, 0.29) is 22.6 Å². The Hall–Kier alpha value is -2.81. The van der Waals surface area contributed by atoms with Crippen LogP contribution in [-0.2, 0) is 38.2 Å².